The Kier molecular flexibility index (Phi) is 8.29. The van der Waals surface area contributed by atoms with Gasteiger partial charge >= 0.3 is 0 Å². The quantitative estimate of drug-likeness (QED) is 0.165. The second-order valence-electron chi connectivity index (χ2n) is 23.6. The van der Waals surface area contributed by atoms with E-state index in [4.69, 9.17) is 4.42 Å². The van der Waals surface area contributed by atoms with Crippen molar-refractivity contribution in [3.05, 3.63) is 161 Å². The van der Waals surface area contributed by atoms with Gasteiger partial charge in [0.05, 0.1) is 0 Å². The maximum atomic E-state index is 6.35. The SMILES string of the molecule is CC(C)(C)c1ccc(N2c3cc4c(cc3B3c5cc6c(cc5N(c5ccc(-c7ccc8c(c7)oc7ccccc78)cc5)c5cccc2c53)C(C)(C)CCC6(C)C)C(C)(C)CC4(C)C)cc1. The summed E-state index contributed by atoms with van der Waals surface area (Å²) >= 11 is 0. The van der Waals surface area contributed by atoms with Crippen molar-refractivity contribution in [1.82, 2.24) is 0 Å². The van der Waals surface area contributed by atoms with Crippen molar-refractivity contribution >= 4 is 79.2 Å². The van der Waals surface area contributed by atoms with E-state index >= 15 is 0 Å². The van der Waals surface area contributed by atoms with E-state index in [-0.39, 0.29) is 33.8 Å². The minimum atomic E-state index is 0.0593. The van der Waals surface area contributed by atoms with Crippen LogP contribution in [0.3, 0.4) is 0 Å². The van der Waals surface area contributed by atoms with Crippen LogP contribution in [0.1, 0.15) is 123 Å². The van der Waals surface area contributed by atoms with Gasteiger partial charge in [-0.05, 0) is 168 Å². The molecule has 0 fully saturated rings. The zero-order chi connectivity index (χ0) is 45.2. The fourth-order valence-electron chi connectivity index (χ4n) is 12.8. The number of anilines is 6. The highest BCUT2D eigenvalue weighted by Gasteiger charge is 2.49. The molecule has 1 aromatic heterocycles. The lowest BCUT2D eigenvalue weighted by molar-refractivity contribution is 0.332. The van der Waals surface area contributed by atoms with E-state index in [1.54, 1.807) is 0 Å². The van der Waals surface area contributed by atoms with Gasteiger partial charge in [0.2, 0.25) is 0 Å². The summed E-state index contributed by atoms with van der Waals surface area (Å²) in [6.45, 7) is 26.7. The van der Waals surface area contributed by atoms with E-state index in [1.807, 2.05) is 6.07 Å². The predicted molar refractivity (Wildman–Crippen MR) is 278 cm³/mol. The van der Waals surface area contributed by atoms with Gasteiger partial charge in [0, 0.05) is 44.9 Å². The van der Waals surface area contributed by atoms with Crippen LogP contribution >= 0.6 is 0 Å². The summed E-state index contributed by atoms with van der Waals surface area (Å²) in [6.07, 6.45) is 3.47. The standard InChI is InChI=1S/C61H61BN2O/c1-57(2,3)39-22-26-41(27-23-39)64-51-17-14-16-50-56(51)62(49-33-45-47(35-53(49)64)61(10,11)36-60(45,8)9)48-32-44-46(59(6,7)30-29-58(44,4)5)34-52(48)63(50)40-24-19-37(20-25-40)38-21-28-43-42-15-12-13-18-54(42)65-55(43)31-38/h12-28,31-35H,29-30,36H2,1-11H3. The third-order valence-electron chi connectivity index (χ3n) is 16.3. The Morgan fingerprint density at radius 3 is 1.54 bits per heavy atom. The second-order valence-corrected chi connectivity index (χ2v) is 23.6. The van der Waals surface area contributed by atoms with Gasteiger partial charge in [-0.3, -0.25) is 0 Å². The first-order valence-corrected chi connectivity index (χ1v) is 24.0. The summed E-state index contributed by atoms with van der Waals surface area (Å²) in [5, 5.41) is 2.31. The van der Waals surface area contributed by atoms with E-state index in [0.717, 1.165) is 33.9 Å². The summed E-state index contributed by atoms with van der Waals surface area (Å²) in [5.74, 6) is 0. The van der Waals surface area contributed by atoms with Crippen LogP contribution in [0.5, 0.6) is 0 Å². The Bertz CT molecular complexity index is 3280. The van der Waals surface area contributed by atoms with Crippen LogP contribution in [0.15, 0.2) is 138 Å². The Labute approximate surface area is 386 Å². The van der Waals surface area contributed by atoms with Gasteiger partial charge < -0.3 is 14.2 Å². The second kappa shape index (κ2) is 13.3. The normalized spacial score (nSPS) is 18.3. The molecule has 3 nitrogen and oxygen atoms in total. The fraction of sp³-hybridized carbons (Fsp3) is 0.311. The number of rotatable bonds is 3. The van der Waals surface area contributed by atoms with Crippen LogP contribution in [0, 0.1) is 0 Å². The number of nitrogens with zero attached hydrogens (tertiary/aromatic N) is 2. The number of hydrogen-bond donors (Lipinski definition) is 0. The molecule has 0 saturated carbocycles. The lowest BCUT2D eigenvalue weighted by Crippen LogP contribution is -2.62. The van der Waals surface area contributed by atoms with Gasteiger partial charge in [0.1, 0.15) is 11.2 Å². The maximum Gasteiger partial charge on any atom is 0.252 e. The van der Waals surface area contributed by atoms with Crippen LogP contribution in [-0.2, 0) is 27.1 Å². The van der Waals surface area contributed by atoms with E-state index in [0.29, 0.717) is 0 Å². The fourth-order valence-corrected chi connectivity index (χ4v) is 12.8. The van der Waals surface area contributed by atoms with E-state index in [9.17, 15) is 0 Å². The molecule has 2 aliphatic carbocycles. The Morgan fingerprint density at radius 1 is 0.462 bits per heavy atom. The summed E-state index contributed by atoms with van der Waals surface area (Å²) in [6, 6.07) is 51.3. The van der Waals surface area contributed by atoms with Gasteiger partial charge in [0.15, 0.2) is 0 Å². The van der Waals surface area contributed by atoms with Crippen LogP contribution in [0.4, 0.5) is 34.1 Å². The first-order chi connectivity index (χ1) is 30.8. The average Bonchev–Trinajstić information content (AvgIpc) is 3.73. The first-order valence-electron chi connectivity index (χ1n) is 24.0. The molecule has 8 aromatic rings. The molecule has 0 spiro atoms. The molecule has 0 unspecified atom stereocenters. The van der Waals surface area contributed by atoms with Gasteiger partial charge in [-0.25, -0.2) is 0 Å². The largest absolute Gasteiger partial charge is 0.456 e. The molecule has 0 saturated heterocycles. The first kappa shape index (κ1) is 40.5. The molecular weight excluding hydrogens is 787 g/mol. The third-order valence-corrected chi connectivity index (χ3v) is 16.3. The van der Waals surface area contributed by atoms with Crippen molar-refractivity contribution < 1.29 is 4.42 Å². The number of benzene rings is 7. The molecule has 0 amide bonds. The highest BCUT2D eigenvalue weighted by Crippen LogP contribution is 2.54. The van der Waals surface area contributed by atoms with Crippen LogP contribution in [0.2, 0.25) is 0 Å². The third kappa shape index (κ3) is 5.94. The predicted octanol–water partition coefficient (Wildman–Crippen LogP) is 14.9. The van der Waals surface area contributed by atoms with Crippen LogP contribution in [-0.4, -0.2) is 6.71 Å². The molecule has 3 heterocycles. The summed E-state index contributed by atoms with van der Waals surface area (Å²) < 4.78 is 6.35. The summed E-state index contributed by atoms with van der Waals surface area (Å²) in [5.41, 5.74) is 23.6. The zero-order valence-corrected chi connectivity index (χ0v) is 40.2. The monoisotopic (exact) mass is 848 g/mol. The van der Waals surface area contributed by atoms with Crippen molar-refractivity contribution in [2.45, 2.75) is 122 Å². The molecule has 0 atom stereocenters. The van der Waals surface area contributed by atoms with Crippen molar-refractivity contribution in [3.63, 3.8) is 0 Å². The molecule has 4 aliphatic rings. The van der Waals surface area contributed by atoms with Gasteiger partial charge in [-0.2, -0.15) is 0 Å². The number of fused-ring (bicyclic) bond motifs is 9. The highest BCUT2D eigenvalue weighted by atomic mass is 16.3. The van der Waals surface area contributed by atoms with Gasteiger partial charge in [-0.1, -0.05) is 143 Å². The molecule has 324 valence electrons. The minimum absolute atomic E-state index is 0.0593. The Balaban J connectivity index is 1.10. The summed E-state index contributed by atoms with van der Waals surface area (Å²) in [4.78, 5) is 5.20. The molecule has 0 bridgehead atoms. The van der Waals surface area contributed by atoms with Crippen molar-refractivity contribution in [2.75, 3.05) is 9.80 Å². The molecule has 2 aliphatic heterocycles. The highest BCUT2D eigenvalue weighted by molar-refractivity contribution is 7.00. The Hall–Kier alpha value is -6.00. The molecule has 0 radical (unpaired) electrons. The van der Waals surface area contributed by atoms with Gasteiger partial charge in [0.25, 0.3) is 6.71 Å². The van der Waals surface area contributed by atoms with Crippen LogP contribution < -0.4 is 26.2 Å². The molecule has 4 heteroatoms. The number of para-hydroxylation sites is 1. The minimum Gasteiger partial charge on any atom is -0.456 e. The topological polar surface area (TPSA) is 19.6 Å². The smallest absolute Gasteiger partial charge is 0.252 e. The van der Waals surface area contributed by atoms with E-state index in [1.165, 1.54) is 96.7 Å². The zero-order valence-electron chi connectivity index (χ0n) is 40.2. The van der Waals surface area contributed by atoms with E-state index in [2.05, 4.69) is 213 Å². The van der Waals surface area contributed by atoms with E-state index < -0.39 is 0 Å². The molecule has 12 rings (SSSR count). The molecular formula is C61H61BN2O. The van der Waals surface area contributed by atoms with Gasteiger partial charge in [-0.15, -0.1) is 0 Å². The maximum absolute atomic E-state index is 6.35. The lowest BCUT2D eigenvalue weighted by Gasteiger charge is -2.47. The van der Waals surface area contributed by atoms with Crippen molar-refractivity contribution in [2.24, 2.45) is 0 Å². The number of hydrogen-bond acceptors (Lipinski definition) is 3. The van der Waals surface area contributed by atoms with Crippen molar-refractivity contribution in [3.8, 4) is 11.1 Å². The number of furan rings is 1. The van der Waals surface area contributed by atoms with Crippen molar-refractivity contribution in [1.29, 1.82) is 0 Å². The summed E-state index contributed by atoms with van der Waals surface area (Å²) in [7, 11) is 0. The molecule has 65 heavy (non-hydrogen) atoms. The molecule has 0 N–H and O–H groups in total. The average molecular weight is 849 g/mol. The Morgan fingerprint density at radius 2 is 0.954 bits per heavy atom. The molecule has 7 aromatic carbocycles. The lowest BCUT2D eigenvalue weighted by atomic mass is 9.33. The van der Waals surface area contributed by atoms with Crippen LogP contribution in [0.25, 0.3) is 33.1 Å².